The molecule has 4 nitrogen and oxygen atoms in total. The van der Waals surface area contributed by atoms with Crippen LogP contribution in [0.3, 0.4) is 0 Å². The summed E-state index contributed by atoms with van der Waals surface area (Å²) in [4.78, 5) is 4.06. The van der Waals surface area contributed by atoms with Gasteiger partial charge in [-0.2, -0.15) is 9.37 Å². The molecule has 0 saturated heterocycles. The van der Waals surface area contributed by atoms with Gasteiger partial charge >= 0.3 is 0 Å². The number of nitrogens with zero attached hydrogens (tertiary/aromatic N) is 2. The number of aromatic nitrogens is 2. The SMILES string of the molecule is CCCc1noc(COc2cc(Br)cc(F)c2F)n1. The summed E-state index contributed by atoms with van der Waals surface area (Å²) < 4.78 is 37.0. The molecule has 0 radical (unpaired) electrons. The van der Waals surface area contributed by atoms with Crippen molar-refractivity contribution in [2.75, 3.05) is 0 Å². The van der Waals surface area contributed by atoms with Crippen LogP contribution in [0.15, 0.2) is 21.1 Å². The predicted molar refractivity (Wildman–Crippen MR) is 66.7 cm³/mol. The highest BCUT2D eigenvalue weighted by molar-refractivity contribution is 9.10. The van der Waals surface area contributed by atoms with Crippen LogP contribution < -0.4 is 4.74 Å². The molecule has 0 aliphatic carbocycles. The van der Waals surface area contributed by atoms with Crippen LogP contribution in [0.4, 0.5) is 8.78 Å². The second-order valence-corrected chi connectivity index (χ2v) is 4.76. The van der Waals surface area contributed by atoms with Gasteiger partial charge in [-0.25, -0.2) is 4.39 Å². The van der Waals surface area contributed by atoms with Crippen molar-refractivity contribution in [1.82, 2.24) is 10.1 Å². The van der Waals surface area contributed by atoms with E-state index in [9.17, 15) is 8.78 Å². The Morgan fingerprint density at radius 1 is 1.37 bits per heavy atom. The molecule has 0 aliphatic heterocycles. The molecule has 2 aromatic rings. The Morgan fingerprint density at radius 2 is 2.16 bits per heavy atom. The number of ether oxygens (including phenoxy) is 1. The zero-order chi connectivity index (χ0) is 13.8. The molecule has 0 atom stereocenters. The zero-order valence-electron chi connectivity index (χ0n) is 10.1. The molecule has 0 saturated carbocycles. The second-order valence-electron chi connectivity index (χ2n) is 3.84. The first kappa shape index (κ1) is 13.9. The first-order valence-electron chi connectivity index (χ1n) is 5.69. The molecule has 7 heteroatoms. The summed E-state index contributed by atoms with van der Waals surface area (Å²) in [5.74, 6) is -1.44. The smallest absolute Gasteiger partial charge is 0.264 e. The Balaban J connectivity index is 2.05. The lowest BCUT2D eigenvalue weighted by atomic mass is 10.3. The van der Waals surface area contributed by atoms with Gasteiger partial charge in [0.05, 0.1) is 0 Å². The van der Waals surface area contributed by atoms with E-state index in [1.165, 1.54) is 6.07 Å². The molecule has 0 unspecified atom stereocenters. The van der Waals surface area contributed by atoms with E-state index >= 15 is 0 Å². The molecule has 1 aromatic carbocycles. The lowest BCUT2D eigenvalue weighted by Crippen LogP contribution is -2.00. The van der Waals surface area contributed by atoms with Crippen molar-refractivity contribution in [3.8, 4) is 5.75 Å². The summed E-state index contributed by atoms with van der Waals surface area (Å²) in [6, 6.07) is 2.36. The van der Waals surface area contributed by atoms with Gasteiger partial charge in [0.1, 0.15) is 0 Å². The number of hydrogen-bond donors (Lipinski definition) is 0. The highest BCUT2D eigenvalue weighted by atomic mass is 79.9. The monoisotopic (exact) mass is 332 g/mol. The average molecular weight is 333 g/mol. The summed E-state index contributed by atoms with van der Waals surface area (Å²) in [7, 11) is 0. The molecule has 2 rings (SSSR count). The molecular weight excluding hydrogens is 322 g/mol. The van der Waals surface area contributed by atoms with Gasteiger partial charge in [0.2, 0.25) is 5.82 Å². The van der Waals surface area contributed by atoms with Crippen LogP contribution in [-0.4, -0.2) is 10.1 Å². The third kappa shape index (κ3) is 3.50. The van der Waals surface area contributed by atoms with Crippen LogP contribution >= 0.6 is 15.9 Å². The van der Waals surface area contributed by atoms with E-state index in [0.29, 0.717) is 16.7 Å². The fourth-order valence-electron chi connectivity index (χ4n) is 1.45. The summed E-state index contributed by atoms with van der Waals surface area (Å²) in [5, 5.41) is 3.73. The maximum absolute atomic E-state index is 13.4. The third-order valence-corrected chi connectivity index (χ3v) is 2.75. The quantitative estimate of drug-likeness (QED) is 0.784. The molecular formula is C12H11BrF2N2O2. The summed E-state index contributed by atoms with van der Waals surface area (Å²) in [5.41, 5.74) is 0. The molecule has 0 N–H and O–H groups in total. The van der Waals surface area contributed by atoms with E-state index < -0.39 is 11.6 Å². The molecule has 0 amide bonds. The zero-order valence-corrected chi connectivity index (χ0v) is 11.7. The van der Waals surface area contributed by atoms with E-state index in [-0.39, 0.29) is 18.2 Å². The van der Waals surface area contributed by atoms with E-state index in [0.717, 1.165) is 12.5 Å². The predicted octanol–water partition coefficient (Wildman–Crippen LogP) is 3.64. The minimum atomic E-state index is -1.04. The number of aryl methyl sites for hydroxylation is 1. The molecule has 1 aromatic heterocycles. The van der Waals surface area contributed by atoms with E-state index in [1.807, 2.05) is 6.92 Å². The van der Waals surface area contributed by atoms with E-state index in [2.05, 4.69) is 26.1 Å². The van der Waals surface area contributed by atoms with Gasteiger partial charge in [-0.15, -0.1) is 0 Å². The molecule has 0 bridgehead atoms. The van der Waals surface area contributed by atoms with Crippen molar-refractivity contribution < 1.29 is 18.0 Å². The van der Waals surface area contributed by atoms with Crippen LogP contribution in [0.5, 0.6) is 5.75 Å². The Morgan fingerprint density at radius 3 is 2.89 bits per heavy atom. The number of hydrogen-bond acceptors (Lipinski definition) is 4. The second kappa shape index (κ2) is 6.10. The first-order valence-corrected chi connectivity index (χ1v) is 6.48. The summed E-state index contributed by atoms with van der Waals surface area (Å²) in [6.07, 6.45) is 1.59. The number of halogens is 3. The van der Waals surface area contributed by atoms with Crippen molar-refractivity contribution in [1.29, 1.82) is 0 Å². The topological polar surface area (TPSA) is 48.2 Å². The Labute approximate surface area is 116 Å². The maximum Gasteiger partial charge on any atom is 0.264 e. The summed E-state index contributed by atoms with van der Waals surface area (Å²) in [6.45, 7) is 1.88. The molecule has 19 heavy (non-hydrogen) atoms. The van der Waals surface area contributed by atoms with E-state index in [4.69, 9.17) is 9.26 Å². The average Bonchev–Trinajstić information content (AvgIpc) is 2.80. The van der Waals surface area contributed by atoms with Gasteiger partial charge in [0.25, 0.3) is 5.89 Å². The standard InChI is InChI=1S/C12H11BrF2N2O2/c1-2-3-10-16-11(19-17-10)6-18-9-5-7(13)4-8(14)12(9)15/h4-5H,2-3,6H2,1H3. The number of benzene rings is 1. The lowest BCUT2D eigenvalue weighted by Gasteiger charge is -2.05. The van der Waals surface area contributed by atoms with Gasteiger partial charge in [-0.05, 0) is 18.6 Å². The minimum Gasteiger partial charge on any atom is -0.481 e. The van der Waals surface area contributed by atoms with Gasteiger partial charge in [-0.3, -0.25) is 0 Å². The molecule has 0 spiro atoms. The summed E-state index contributed by atoms with van der Waals surface area (Å²) >= 11 is 3.06. The fourth-order valence-corrected chi connectivity index (χ4v) is 1.86. The Kier molecular flexibility index (Phi) is 4.47. The molecule has 0 aliphatic rings. The van der Waals surface area contributed by atoms with Crippen LogP contribution in [0, 0.1) is 11.6 Å². The first-order chi connectivity index (χ1) is 9.10. The number of rotatable bonds is 5. The molecule has 102 valence electrons. The van der Waals surface area contributed by atoms with Crippen LogP contribution in [0.25, 0.3) is 0 Å². The van der Waals surface area contributed by atoms with Crippen LogP contribution in [0.1, 0.15) is 25.1 Å². The Bertz CT molecular complexity index is 575. The van der Waals surface area contributed by atoms with Crippen LogP contribution in [-0.2, 0) is 13.0 Å². The van der Waals surface area contributed by atoms with Gasteiger partial charge in [-0.1, -0.05) is 28.0 Å². The van der Waals surface area contributed by atoms with Crippen molar-refractivity contribution in [2.45, 2.75) is 26.4 Å². The minimum absolute atomic E-state index is 0.108. The van der Waals surface area contributed by atoms with Gasteiger partial charge < -0.3 is 9.26 Å². The van der Waals surface area contributed by atoms with Crippen molar-refractivity contribution in [3.05, 3.63) is 40.0 Å². The normalized spacial score (nSPS) is 10.7. The van der Waals surface area contributed by atoms with Crippen LogP contribution in [0.2, 0.25) is 0 Å². The lowest BCUT2D eigenvalue weighted by molar-refractivity contribution is 0.231. The molecule has 1 heterocycles. The molecule has 0 fully saturated rings. The van der Waals surface area contributed by atoms with Crippen molar-refractivity contribution >= 4 is 15.9 Å². The van der Waals surface area contributed by atoms with Gasteiger partial charge in [0, 0.05) is 10.9 Å². The fraction of sp³-hybridized carbons (Fsp3) is 0.333. The van der Waals surface area contributed by atoms with Gasteiger partial charge in [0.15, 0.2) is 24.0 Å². The van der Waals surface area contributed by atoms with Crippen molar-refractivity contribution in [2.24, 2.45) is 0 Å². The van der Waals surface area contributed by atoms with E-state index in [1.54, 1.807) is 0 Å². The largest absolute Gasteiger partial charge is 0.481 e. The van der Waals surface area contributed by atoms with Crippen molar-refractivity contribution in [3.63, 3.8) is 0 Å². The third-order valence-electron chi connectivity index (χ3n) is 2.29. The highest BCUT2D eigenvalue weighted by Gasteiger charge is 2.13. The highest BCUT2D eigenvalue weighted by Crippen LogP contribution is 2.25. The maximum atomic E-state index is 13.4. The Hall–Kier alpha value is -1.50.